The van der Waals surface area contributed by atoms with Gasteiger partial charge in [0.15, 0.2) is 5.76 Å². The van der Waals surface area contributed by atoms with Gasteiger partial charge in [0.2, 0.25) is 5.78 Å². The molecule has 0 unspecified atom stereocenters. The fraction of sp³-hybridized carbons (Fsp3) is 0.158. The molecule has 1 heterocycles. The normalized spacial score (nSPS) is 14.7. The first-order valence-electron chi connectivity index (χ1n) is 7.50. The molecule has 0 saturated carbocycles. The smallest absolute Gasteiger partial charge is 0.313 e. The van der Waals surface area contributed by atoms with E-state index in [0.717, 1.165) is 0 Å². The van der Waals surface area contributed by atoms with Crippen LogP contribution in [0, 0.1) is 11.7 Å². The van der Waals surface area contributed by atoms with Crippen LogP contribution >= 0.6 is 0 Å². The molecule has 1 aliphatic rings. The van der Waals surface area contributed by atoms with Crippen molar-refractivity contribution in [2.24, 2.45) is 5.92 Å². The predicted molar refractivity (Wildman–Crippen MR) is 86.3 cm³/mol. The average molecular weight is 326 g/mol. The van der Waals surface area contributed by atoms with Gasteiger partial charge in [-0.15, -0.1) is 0 Å². The minimum absolute atomic E-state index is 0.0300. The van der Waals surface area contributed by atoms with Gasteiger partial charge in [-0.1, -0.05) is 32.0 Å². The molecule has 5 heteroatoms. The summed E-state index contributed by atoms with van der Waals surface area (Å²) in [6, 6.07) is 10.6. The Labute approximate surface area is 138 Å². The molecule has 0 amide bonds. The Bertz CT molecular complexity index is 852. The molecule has 0 fully saturated rings. The molecule has 0 aromatic heterocycles. The zero-order valence-corrected chi connectivity index (χ0v) is 13.2. The maximum Gasteiger partial charge on any atom is 0.313 e. The Morgan fingerprint density at radius 1 is 1.21 bits per heavy atom. The molecule has 122 valence electrons. The van der Waals surface area contributed by atoms with E-state index in [1.165, 1.54) is 30.3 Å². The van der Waals surface area contributed by atoms with Gasteiger partial charge in [0, 0.05) is 11.6 Å². The molecule has 0 saturated heterocycles. The van der Waals surface area contributed by atoms with Crippen LogP contribution in [0.25, 0.3) is 6.08 Å². The van der Waals surface area contributed by atoms with Crippen LogP contribution in [0.15, 0.2) is 48.2 Å². The van der Waals surface area contributed by atoms with Crippen molar-refractivity contribution in [1.29, 1.82) is 0 Å². The number of Topliss-reactive ketones (excluding diaryl/α,β-unsaturated/α-hetero) is 1. The first-order valence-corrected chi connectivity index (χ1v) is 7.50. The number of hydrogen-bond acceptors (Lipinski definition) is 4. The third-order valence-electron chi connectivity index (χ3n) is 3.52. The van der Waals surface area contributed by atoms with E-state index < -0.39 is 5.82 Å². The zero-order valence-electron chi connectivity index (χ0n) is 13.2. The van der Waals surface area contributed by atoms with Crippen molar-refractivity contribution in [3.8, 4) is 11.5 Å². The van der Waals surface area contributed by atoms with Crippen molar-refractivity contribution in [2.75, 3.05) is 0 Å². The highest BCUT2D eigenvalue weighted by atomic mass is 19.1. The number of hydrogen-bond donors (Lipinski definition) is 0. The largest absolute Gasteiger partial charge is 0.452 e. The van der Waals surface area contributed by atoms with Crippen molar-refractivity contribution >= 4 is 17.8 Å². The number of rotatable bonds is 3. The summed E-state index contributed by atoms with van der Waals surface area (Å²) in [5.74, 6) is -0.802. The predicted octanol–water partition coefficient (Wildman–Crippen LogP) is 4.00. The summed E-state index contributed by atoms with van der Waals surface area (Å²) in [7, 11) is 0. The lowest BCUT2D eigenvalue weighted by Gasteiger charge is -2.07. The van der Waals surface area contributed by atoms with Crippen molar-refractivity contribution in [3.05, 3.63) is 65.2 Å². The molecule has 0 atom stereocenters. The monoisotopic (exact) mass is 326 g/mol. The lowest BCUT2D eigenvalue weighted by Crippen LogP contribution is -2.14. The number of halogens is 1. The molecule has 1 aliphatic heterocycles. The summed E-state index contributed by atoms with van der Waals surface area (Å²) in [6.45, 7) is 3.45. The molecular formula is C19H15FO4. The number of carbonyl (C=O) groups excluding carboxylic acids is 2. The van der Waals surface area contributed by atoms with E-state index in [0.29, 0.717) is 11.3 Å². The quantitative estimate of drug-likeness (QED) is 0.486. The lowest BCUT2D eigenvalue weighted by atomic mass is 10.1. The Morgan fingerprint density at radius 2 is 1.96 bits per heavy atom. The van der Waals surface area contributed by atoms with Gasteiger partial charge in [0.25, 0.3) is 0 Å². The summed E-state index contributed by atoms with van der Waals surface area (Å²) in [6.07, 6.45) is 1.36. The minimum Gasteiger partial charge on any atom is -0.452 e. The number of esters is 1. The second-order valence-electron chi connectivity index (χ2n) is 5.70. The highest BCUT2D eigenvalue weighted by Gasteiger charge is 2.28. The Balaban J connectivity index is 1.88. The molecule has 0 aliphatic carbocycles. The van der Waals surface area contributed by atoms with E-state index in [1.54, 1.807) is 32.0 Å². The van der Waals surface area contributed by atoms with Gasteiger partial charge in [-0.05, 0) is 24.3 Å². The molecule has 2 aromatic carbocycles. The number of carbonyl (C=O) groups is 2. The Hall–Kier alpha value is -2.95. The Kier molecular flexibility index (Phi) is 4.16. The van der Waals surface area contributed by atoms with Gasteiger partial charge >= 0.3 is 5.97 Å². The SMILES string of the molecule is CC(C)C(=O)Oc1ccc2c(c1)O/C(=C\c1ccccc1F)C2=O. The van der Waals surface area contributed by atoms with Crippen molar-refractivity contribution in [2.45, 2.75) is 13.8 Å². The molecule has 0 radical (unpaired) electrons. The van der Waals surface area contributed by atoms with E-state index in [1.807, 2.05) is 0 Å². The van der Waals surface area contributed by atoms with Gasteiger partial charge in [0.1, 0.15) is 17.3 Å². The van der Waals surface area contributed by atoms with Gasteiger partial charge in [-0.2, -0.15) is 0 Å². The average Bonchev–Trinajstić information content (AvgIpc) is 2.85. The fourth-order valence-electron chi connectivity index (χ4n) is 2.20. The van der Waals surface area contributed by atoms with Crippen LogP contribution in [0.4, 0.5) is 4.39 Å². The Morgan fingerprint density at radius 3 is 2.67 bits per heavy atom. The van der Waals surface area contributed by atoms with Crippen LogP contribution < -0.4 is 9.47 Å². The van der Waals surface area contributed by atoms with Crippen molar-refractivity contribution in [3.63, 3.8) is 0 Å². The van der Waals surface area contributed by atoms with Crippen LogP contribution in [0.5, 0.6) is 11.5 Å². The zero-order chi connectivity index (χ0) is 17.3. The molecule has 4 nitrogen and oxygen atoms in total. The topological polar surface area (TPSA) is 52.6 Å². The summed E-state index contributed by atoms with van der Waals surface area (Å²) in [5.41, 5.74) is 0.613. The number of benzene rings is 2. The van der Waals surface area contributed by atoms with E-state index >= 15 is 0 Å². The number of allylic oxidation sites excluding steroid dienone is 1. The number of ether oxygens (including phenoxy) is 2. The molecule has 24 heavy (non-hydrogen) atoms. The first kappa shape index (κ1) is 15.9. The number of fused-ring (bicyclic) bond motifs is 1. The van der Waals surface area contributed by atoms with Crippen LogP contribution in [0.2, 0.25) is 0 Å². The molecule has 0 N–H and O–H groups in total. The van der Waals surface area contributed by atoms with Gasteiger partial charge in [-0.25, -0.2) is 4.39 Å². The molecule has 2 aromatic rings. The van der Waals surface area contributed by atoms with Crippen molar-refractivity contribution in [1.82, 2.24) is 0 Å². The van der Waals surface area contributed by atoms with Crippen LogP contribution in [-0.2, 0) is 4.79 Å². The third kappa shape index (κ3) is 3.06. The lowest BCUT2D eigenvalue weighted by molar-refractivity contribution is -0.137. The first-order chi connectivity index (χ1) is 11.5. The minimum atomic E-state index is -0.441. The fourth-order valence-corrected chi connectivity index (χ4v) is 2.20. The van der Waals surface area contributed by atoms with E-state index in [4.69, 9.17) is 9.47 Å². The van der Waals surface area contributed by atoms with Crippen LogP contribution in [-0.4, -0.2) is 11.8 Å². The second-order valence-corrected chi connectivity index (χ2v) is 5.70. The summed E-state index contributed by atoms with van der Waals surface area (Å²) < 4.78 is 24.4. The highest BCUT2D eigenvalue weighted by molar-refractivity contribution is 6.14. The van der Waals surface area contributed by atoms with Crippen molar-refractivity contribution < 1.29 is 23.5 Å². The second kappa shape index (κ2) is 6.28. The summed E-state index contributed by atoms with van der Waals surface area (Å²) in [4.78, 5) is 24.0. The van der Waals surface area contributed by atoms with E-state index in [9.17, 15) is 14.0 Å². The molecule has 0 spiro atoms. The third-order valence-corrected chi connectivity index (χ3v) is 3.52. The number of ketones is 1. The highest BCUT2D eigenvalue weighted by Crippen LogP contribution is 2.35. The van der Waals surface area contributed by atoms with Gasteiger partial charge < -0.3 is 9.47 Å². The maximum absolute atomic E-state index is 13.7. The molecular weight excluding hydrogens is 311 g/mol. The van der Waals surface area contributed by atoms with Crippen LogP contribution in [0.1, 0.15) is 29.8 Å². The summed E-state index contributed by atoms with van der Waals surface area (Å²) in [5, 5.41) is 0. The van der Waals surface area contributed by atoms with E-state index in [2.05, 4.69) is 0 Å². The standard InChI is InChI=1S/C19H15FO4/c1-11(2)19(22)23-13-7-8-14-16(10-13)24-17(18(14)21)9-12-5-3-4-6-15(12)20/h3-11H,1-2H3/b17-9-. The summed E-state index contributed by atoms with van der Waals surface area (Å²) >= 11 is 0. The van der Waals surface area contributed by atoms with Crippen LogP contribution in [0.3, 0.4) is 0 Å². The van der Waals surface area contributed by atoms with Gasteiger partial charge in [-0.3, -0.25) is 9.59 Å². The van der Waals surface area contributed by atoms with E-state index in [-0.39, 0.29) is 34.7 Å². The molecule has 3 rings (SSSR count). The molecule has 0 bridgehead atoms. The maximum atomic E-state index is 13.7. The van der Waals surface area contributed by atoms with Gasteiger partial charge in [0.05, 0.1) is 11.5 Å².